The number of carbonyl (C=O) groups excluding carboxylic acids is 4. The quantitative estimate of drug-likeness (QED) is 0.0797. The lowest BCUT2D eigenvalue weighted by Gasteiger charge is -2.31. The Morgan fingerprint density at radius 2 is 0.757 bits per heavy atom. The van der Waals surface area contributed by atoms with Crippen molar-refractivity contribution < 1.29 is 38.1 Å². The number of esters is 4. The molecule has 0 aliphatic rings. The molecule has 8 nitrogen and oxygen atoms in total. The average molecular weight is 529 g/mol. The topological polar surface area (TPSA) is 105 Å². The number of carbonyl (C=O) groups is 4. The summed E-state index contributed by atoms with van der Waals surface area (Å²) in [6.45, 7) is 6.09. The van der Waals surface area contributed by atoms with E-state index in [1.54, 1.807) is 0 Å². The van der Waals surface area contributed by atoms with Gasteiger partial charge in [0.1, 0.15) is 31.8 Å². The van der Waals surface area contributed by atoms with Gasteiger partial charge in [-0.3, -0.25) is 19.2 Å². The molecule has 8 heteroatoms. The maximum atomic E-state index is 12.4. The molecule has 0 atom stereocenters. The van der Waals surface area contributed by atoms with Crippen LogP contribution in [0.5, 0.6) is 0 Å². The monoisotopic (exact) mass is 528 g/mol. The zero-order chi connectivity index (χ0) is 27.8. The second-order valence-electron chi connectivity index (χ2n) is 10.1. The molecule has 0 radical (unpaired) electrons. The molecule has 0 aliphatic carbocycles. The van der Waals surface area contributed by atoms with E-state index in [1.807, 2.05) is 0 Å². The second-order valence-corrected chi connectivity index (χ2v) is 10.1. The first-order chi connectivity index (χ1) is 17.7. The lowest BCUT2D eigenvalue weighted by molar-refractivity contribution is -0.169. The minimum atomic E-state index is -1.16. The van der Waals surface area contributed by atoms with E-state index in [9.17, 15) is 19.2 Å². The van der Waals surface area contributed by atoms with E-state index < -0.39 is 17.4 Å². The second kappa shape index (κ2) is 23.0. The van der Waals surface area contributed by atoms with Crippen LogP contribution in [0.3, 0.4) is 0 Å². The van der Waals surface area contributed by atoms with Crippen LogP contribution < -0.4 is 0 Å². The molecule has 216 valence electrons. The lowest BCUT2D eigenvalue weighted by Crippen LogP contribution is -2.43. The van der Waals surface area contributed by atoms with Crippen LogP contribution >= 0.6 is 0 Å². The Labute approximate surface area is 224 Å². The predicted octanol–water partition coefficient (Wildman–Crippen LogP) is 6.47. The van der Waals surface area contributed by atoms with E-state index in [0.29, 0.717) is 0 Å². The summed E-state index contributed by atoms with van der Waals surface area (Å²) in [6.07, 6.45) is 15.8. The Kier molecular flexibility index (Phi) is 21.7. The van der Waals surface area contributed by atoms with Crippen molar-refractivity contribution in [2.75, 3.05) is 26.4 Å². The van der Waals surface area contributed by atoms with Gasteiger partial charge in [-0.25, -0.2) is 0 Å². The van der Waals surface area contributed by atoms with Gasteiger partial charge in [-0.2, -0.15) is 0 Å². The van der Waals surface area contributed by atoms with Crippen LogP contribution in [0.2, 0.25) is 0 Å². The first-order valence-corrected chi connectivity index (χ1v) is 14.3. The zero-order valence-corrected chi connectivity index (χ0v) is 23.9. The largest absolute Gasteiger partial charge is 0.465 e. The number of hydrogen-bond acceptors (Lipinski definition) is 8. The number of unbranched alkanes of at least 4 members (excludes halogenated alkanes) is 12. The molecular weight excluding hydrogens is 476 g/mol. The van der Waals surface area contributed by atoms with Gasteiger partial charge in [-0.05, 0) is 12.8 Å². The van der Waals surface area contributed by atoms with Crippen molar-refractivity contribution in [3.05, 3.63) is 0 Å². The summed E-state index contributed by atoms with van der Waals surface area (Å²) in [6, 6.07) is 0. The average Bonchev–Trinajstić information content (AvgIpc) is 2.86. The first kappa shape index (κ1) is 34.9. The van der Waals surface area contributed by atoms with Gasteiger partial charge in [0.15, 0.2) is 0 Å². The van der Waals surface area contributed by atoms with Crippen molar-refractivity contribution in [2.24, 2.45) is 5.41 Å². The molecule has 0 spiro atoms. The summed E-state index contributed by atoms with van der Waals surface area (Å²) >= 11 is 0. The van der Waals surface area contributed by atoms with Gasteiger partial charge in [-0.15, -0.1) is 0 Å². The van der Waals surface area contributed by atoms with Crippen LogP contribution in [0.1, 0.15) is 130 Å². The molecule has 0 aliphatic heterocycles. The van der Waals surface area contributed by atoms with Crippen molar-refractivity contribution >= 4 is 23.9 Å². The van der Waals surface area contributed by atoms with Gasteiger partial charge < -0.3 is 18.9 Å². The molecule has 0 aromatic carbocycles. The summed E-state index contributed by atoms with van der Waals surface area (Å²) in [4.78, 5) is 47.7. The van der Waals surface area contributed by atoms with Crippen LogP contribution in [-0.4, -0.2) is 50.3 Å². The van der Waals surface area contributed by atoms with Crippen molar-refractivity contribution in [2.45, 2.75) is 130 Å². The third-order valence-corrected chi connectivity index (χ3v) is 6.21. The summed E-state index contributed by atoms with van der Waals surface area (Å²) in [5, 5.41) is 0. The van der Waals surface area contributed by atoms with E-state index >= 15 is 0 Å². The molecular formula is C29H52O8. The molecule has 0 saturated carbocycles. The molecule has 0 fully saturated rings. The highest BCUT2D eigenvalue weighted by atomic mass is 16.6. The molecule has 0 saturated heterocycles. The molecule has 0 amide bonds. The molecule has 0 aromatic rings. The Morgan fingerprint density at radius 3 is 1.08 bits per heavy atom. The van der Waals surface area contributed by atoms with Gasteiger partial charge in [0.25, 0.3) is 0 Å². The van der Waals surface area contributed by atoms with Gasteiger partial charge in [0.2, 0.25) is 0 Å². The van der Waals surface area contributed by atoms with Crippen LogP contribution in [0.4, 0.5) is 0 Å². The molecule has 0 bridgehead atoms. The highest BCUT2D eigenvalue weighted by molar-refractivity contribution is 5.70. The minimum Gasteiger partial charge on any atom is -0.465 e. The maximum absolute atomic E-state index is 12.4. The fourth-order valence-electron chi connectivity index (χ4n) is 3.82. The summed E-state index contributed by atoms with van der Waals surface area (Å²) in [7, 11) is 0. The smallest absolute Gasteiger partial charge is 0.305 e. The molecule has 0 N–H and O–H groups in total. The SMILES string of the molecule is CCCCCCCCCC(=O)OCC(COC(C)=O)(COC(C)=O)COC(=O)CCCCCCCCC. The Balaban J connectivity index is 4.79. The Morgan fingerprint density at radius 1 is 0.459 bits per heavy atom. The van der Waals surface area contributed by atoms with Gasteiger partial charge in [0, 0.05) is 26.7 Å². The number of ether oxygens (including phenoxy) is 4. The highest BCUT2D eigenvalue weighted by Crippen LogP contribution is 2.22. The van der Waals surface area contributed by atoms with Crippen molar-refractivity contribution in [1.82, 2.24) is 0 Å². The summed E-state index contributed by atoms with van der Waals surface area (Å²) in [5.74, 6) is -1.82. The van der Waals surface area contributed by atoms with E-state index in [4.69, 9.17) is 18.9 Å². The van der Waals surface area contributed by atoms with E-state index in [1.165, 1.54) is 65.2 Å². The first-order valence-electron chi connectivity index (χ1n) is 14.3. The van der Waals surface area contributed by atoms with E-state index in [2.05, 4.69) is 13.8 Å². The molecule has 37 heavy (non-hydrogen) atoms. The van der Waals surface area contributed by atoms with Crippen LogP contribution in [0.25, 0.3) is 0 Å². The van der Waals surface area contributed by atoms with E-state index in [0.717, 1.165) is 38.5 Å². The highest BCUT2D eigenvalue weighted by Gasteiger charge is 2.37. The van der Waals surface area contributed by atoms with Crippen LogP contribution in [0, 0.1) is 5.41 Å². The third-order valence-electron chi connectivity index (χ3n) is 6.21. The molecule has 0 aromatic heterocycles. The van der Waals surface area contributed by atoms with Crippen LogP contribution in [-0.2, 0) is 38.1 Å². The number of rotatable bonds is 24. The van der Waals surface area contributed by atoms with Crippen molar-refractivity contribution in [3.63, 3.8) is 0 Å². The predicted molar refractivity (Wildman–Crippen MR) is 143 cm³/mol. The normalized spacial score (nSPS) is 11.1. The summed E-state index contributed by atoms with van der Waals surface area (Å²) < 4.78 is 21.3. The molecule has 0 rings (SSSR count). The van der Waals surface area contributed by atoms with Gasteiger partial charge >= 0.3 is 23.9 Å². The molecule has 0 heterocycles. The Hall–Kier alpha value is -2.12. The standard InChI is InChI=1S/C29H52O8/c1-5-7-9-11-13-15-17-19-27(32)36-23-29(21-34-25(3)30,22-35-26(4)31)24-37-28(33)20-18-16-14-12-10-8-6-2/h5-24H2,1-4H3. The Bertz CT molecular complexity index is 577. The lowest BCUT2D eigenvalue weighted by atomic mass is 9.92. The van der Waals surface area contributed by atoms with E-state index in [-0.39, 0.29) is 51.2 Å². The minimum absolute atomic E-state index is 0.187. The third kappa shape index (κ3) is 21.7. The van der Waals surface area contributed by atoms with Gasteiger partial charge in [-0.1, -0.05) is 90.9 Å². The van der Waals surface area contributed by atoms with Crippen LogP contribution in [0.15, 0.2) is 0 Å². The number of hydrogen-bond donors (Lipinski definition) is 0. The van der Waals surface area contributed by atoms with Crippen molar-refractivity contribution in [3.8, 4) is 0 Å². The molecule has 0 unspecified atom stereocenters. The fraction of sp³-hybridized carbons (Fsp3) is 0.862. The zero-order valence-electron chi connectivity index (χ0n) is 23.9. The van der Waals surface area contributed by atoms with Crippen molar-refractivity contribution in [1.29, 1.82) is 0 Å². The summed E-state index contributed by atoms with van der Waals surface area (Å²) in [5.41, 5.74) is -1.16. The fourth-order valence-corrected chi connectivity index (χ4v) is 3.82. The maximum Gasteiger partial charge on any atom is 0.305 e. The van der Waals surface area contributed by atoms with Gasteiger partial charge in [0.05, 0.1) is 0 Å².